The van der Waals surface area contributed by atoms with Crippen LogP contribution in [0.25, 0.3) is 0 Å². The molecule has 0 bridgehead atoms. The number of aryl methyl sites for hydroxylation is 1. The smallest absolute Gasteiger partial charge is 0.179 e. The van der Waals surface area contributed by atoms with Gasteiger partial charge in [-0.25, -0.2) is 0 Å². The van der Waals surface area contributed by atoms with Gasteiger partial charge in [0.05, 0.1) is 18.7 Å². The Labute approximate surface area is 149 Å². The lowest BCUT2D eigenvalue weighted by Gasteiger charge is -2.13. The average Bonchev–Trinajstić information content (AvgIpc) is 2.51. The van der Waals surface area contributed by atoms with E-state index < -0.39 is 0 Å². The third-order valence-electron chi connectivity index (χ3n) is 3.36. The summed E-state index contributed by atoms with van der Waals surface area (Å²) < 4.78 is 10.9. The maximum atomic E-state index is 6.27. The van der Waals surface area contributed by atoms with Gasteiger partial charge in [0.25, 0.3) is 0 Å². The first-order chi connectivity index (χ1) is 10.6. The van der Waals surface area contributed by atoms with Gasteiger partial charge in [0.1, 0.15) is 0 Å². The molecule has 0 saturated carbocycles. The Bertz CT molecular complexity index is 615. The van der Waals surface area contributed by atoms with Crippen molar-refractivity contribution in [1.82, 2.24) is 5.32 Å². The zero-order valence-electron chi connectivity index (χ0n) is 13.7. The van der Waals surface area contributed by atoms with Gasteiger partial charge < -0.3 is 27.2 Å². The number of ether oxygens (including phenoxy) is 2. The van der Waals surface area contributed by atoms with Crippen LogP contribution < -0.4 is 27.2 Å². The molecule has 0 aliphatic heterocycles. The summed E-state index contributed by atoms with van der Waals surface area (Å²) in [6, 6.07) is 12.4. The molecule has 0 heterocycles. The molecule has 3 nitrogen and oxygen atoms in total. The number of hydrogen-bond acceptors (Lipinski definition) is 3. The van der Waals surface area contributed by atoms with Crippen molar-refractivity contribution in [3.05, 3.63) is 58.1 Å². The van der Waals surface area contributed by atoms with E-state index in [2.05, 4.69) is 36.5 Å². The summed E-state index contributed by atoms with van der Waals surface area (Å²) >= 11 is 6.27. The molecule has 0 saturated heterocycles. The van der Waals surface area contributed by atoms with Crippen molar-refractivity contribution >= 4 is 11.6 Å². The lowest BCUT2D eigenvalue weighted by molar-refractivity contribution is -0.00000526. The van der Waals surface area contributed by atoms with Gasteiger partial charge in [-0.3, -0.25) is 0 Å². The number of nitrogens with one attached hydrogen (secondary N) is 1. The summed E-state index contributed by atoms with van der Waals surface area (Å²) in [6.45, 7) is 6.10. The first-order valence-electron chi connectivity index (χ1n) is 7.39. The molecule has 2 aromatic carbocycles. The van der Waals surface area contributed by atoms with Gasteiger partial charge in [-0.1, -0.05) is 41.4 Å². The van der Waals surface area contributed by atoms with Crippen LogP contribution in [0.5, 0.6) is 11.5 Å². The van der Waals surface area contributed by atoms with Gasteiger partial charge in [0.2, 0.25) is 0 Å². The van der Waals surface area contributed by atoms with Crippen LogP contribution in [0.3, 0.4) is 0 Å². The second-order valence-corrected chi connectivity index (χ2v) is 5.54. The molecule has 2 rings (SSSR count). The van der Waals surface area contributed by atoms with Gasteiger partial charge in [-0.15, -0.1) is 0 Å². The Morgan fingerprint density at radius 1 is 1.04 bits per heavy atom. The summed E-state index contributed by atoms with van der Waals surface area (Å²) in [6.07, 6.45) is 0. The molecule has 2 aromatic rings. The molecule has 0 spiro atoms. The van der Waals surface area contributed by atoms with Crippen LogP contribution in [0.1, 0.15) is 23.6 Å². The van der Waals surface area contributed by atoms with E-state index in [-0.39, 0.29) is 12.4 Å². The topological polar surface area (TPSA) is 30.5 Å². The van der Waals surface area contributed by atoms with Gasteiger partial charge in [0.15, 0.2) is 11.5 Å². The molecule has 0 fully saturated rings. The largest absolute Gasteiger partial charge is 1.00 e. The molecule has 0 radical (unpaired) electrons. The first-order valence-corrected chi connectivity index (χ1v) is 7.77. The molecule has 0 amide bonds. The number of rotatable bonds is 7. The Morgan fingerprint density at radius 2 is 1.70 bits per heavy atom. The van der Waals surface area contributed by atoms with Crippen molar-refractivity contribution in [2.75, 3.05) is 13.7 Å². The highest BCUT2D eigenvalue weighted by molar-refractivity contribution is 6.32. The lowest BCUT2D eigenvalue weighted by Crippen LogP contribution is -3.00. The van der Waals surface area contributed by atoms with Crippen LogP contribution in [0.15, 0.2) is 36.4 Å². The molecular formula is C18H22Cl2NO2-. The Balaban J connectivity index is 0.00000264. The molecule has 5 heteroatoms. The van der Waals surface area contributed by atoms with E-state index in [1.54, 1.807) is 7.11 Å². The predicted octanol–water partition coefficient (Wildman–Crippen LogP) is 1.35. The van der Waals surface area contributed by atoms with E-state index in [1.165, 1.54) is 11.1 Å². The number of hydrogen-bond donors (Lipinski definition) is 1. The summed E-state index contributed by atoms with van der Waals surface area (Å²) in [5.74, 6) is 1.27. The first kappa shape index (κ1) is 19.6. The monoisotopic (exact) mass is 354 g/mol. The highest BCUT2D eigenvalue weighted by Crippen LogP contribution is 2.36. The van der Waals surface area contributed by atoms with E-state index in [1.807, 2.05) is 19.1 Å². The van der Waals surface area contributed by atoms with Crippen molar-refractivity contribution in [3.8, 4) is 11.5 Å². The quantitative estimate of drug-likeness (QED) is 0.814. The van der Waals surface area contributed by atoms with E-state index in [0.29, 0.717) is 23.1 Å². The Hall–Kier alpha value is -1.42. The fourth-order valence-corrected chi connectivity index (χ4v) is 2.50. The fraction of sp³-hybridized carbons (Fsp3) is 0.333. The highest BCUT2D eigenvalue weighted by Gasteiger charge is 2.11. The maximum Gasteiger partial charge on any atom is 0.179 e. The fourth-order valence-electron chi connectivity index (χ4n) is 2.22. The van der Waals surface area contributed by atoms with Crippen LogP contribution in [0.4, 0.5) is 0 Å². The standard InChI is InChI=1S/C18H22ClNO2.ClH/c1-4-22-18-16(19)9-15(10-17(18)21-3)12-20-11-14-7-5-13(2)6-8-14;/h5-10,20H,4,11-12H2,1-3H3;1H/p-1. The van der Waals surface area contributed by atoms with E-state index in [0.717, 1.165) is 18.7 Å². The Kier molecular flexibility index (Phi) is 8.24. The zero-order chi connectivity index (χ0) is 15.9. The van der Waals surface area contributed by atoms with E-state index in [4.69, 9.17) is 21.1 Å². The van der Waals surface area contributed by atoms with Crippen molar-refractivity contribution in [2.45, 2.75) is 26.9 Å². The molecule has 0 unspecified atom stereocenters. The second-order valence-electron chi connectivity index (χ2n) is 5.13. The van der Waals surface area contributed by atoms with Crippen molar-refractivity contribution in [3.63, 3.8) is 0 Å². The van der Waals surface area contributed by atoms with Gasteiger partial charge in [-0.2, -0.15) is 0 Å². The van der Waals surface area contributed by atoms with Crippen LogP contribution in [0.2, 0.25) is 5.02 Å². The zero-order valence-corrected chi connectivity index (χ0v) is 15.2. The molecule has 0 atom stereocenters. The van der Waals surface area contributed by atoms with Gasteiger partial charge >= 0.3 is 0 Å². The number of methoxy groups -OCH3 is 1. The maximum absolute atomic E-state index is 6.27. The van der Waals surface area contributed by atoms with E-state index in [9.17, 15) is 0 Å². The van der Waals surface area contributed by atoms with Crippen LogP contribution in [-0.2, 0) is 13.1 Å². The SMILES string of the molecule is CCOc1c(Cl)cc(CNCc2ccc(C)cc2)cc1OC.[Cl-]. The number of benzene rings is 2. The molecule has 23 heavy (non-hydrogen) atoms. The molecule has 1 N–H and O–H groups in total. The van der Waals surface area contributed by atoms with Crippen LogP contribution in [-0.4, -0.2) is 13.7 Å². The van der Waals surface area contributed by atoms with Crippen LogP contribution in [0, 0.1) is 6.92 Å². The van der Waals surface area contributed by atoms with Crippen molar-refractivity contribution in [1.29, 1.82) is 0 Å². The lowest BCUT2D eigenvalue weighted by atomic mass is 10.1. The molecule has 126 valence electrons. The molecule has 0 aromatic heterocycles. The molecule has 0 aliphatic carbocycles. The number of halogens is 2. The summed E-state index contributed by atoms with van der Waals surface area (Å²) in [5, 5.41) is 3.99. The van der Waals surface area contributed by atoms with E-state index >= 15 is 0 Å². The van der Waals surface area contributed by atoms with Crippen molar-refractivity contribution in [2.24, 2.45) is 0 Å². The summed E-state index contributed by atoms with van der Waals surface area (Å²) in [7, 11) is 1.62. The Morgan fingerprint density at radius 3 is 2.30 bits per heavy atom. The van der Waals surface area contributed by atoms with Crippen LogP contribution >= 0.6 is 11.6 Å². The minimum atomic E-state index is 0. The normalized spacial score (nSPS) is 10.1. The van der Waals surface area contributed by atoms with Gasteiger partial charge in [-0.05, 0) is 37.1 Å². The molecule has 0 aliphatic rings. The second kappa shape index (κ2) is 9.66. The van der Waals surface area contributed by atoms with Crippen molar-refractivity contribution < 1.29 is 21.9 Å². The summed E-state index contributed by atoms with van der Waals surface area (Å²) in [4.78, 5) is 0. The molecular weight excluding hydrogens is 333 g/mol. The third-order valence-corrected chi connectivity index (χ3v) is 3.64. The summed E-state index contributed by atoms with van der Waals surface area (Å²) in [5.41, 5.74) is 3.60. The minimum Gasteiger partial charge on any atom is -1.00 e. The predicted molar refractivity (Wildman–Crippen MR) is 90.9 cm³/mol. The highest BCUT2D eigenvalue weighted by atomic mass is 35.5. The minimum absolute atomic E-state index is 0. The third kappa shape index (κ3) is 5.61. The average molecular weight is 355 g/mol. The van der Waals surface area contributed by atoms with Gasteiger partial charge in [0, 0.05) is 13.1 Å².